The van der Waals surface area contributed by atoms with E-state index in [1.165, 1.54) is 18.2 Å². The number of carbonyl (C=O) groups is 2. The first-order valence-electron chi connectivity index (χ1n) is 7.75. The van der Waals surface area contributed by atoms with Gasteiger partial charge in [-0.15, -0.1) is 0 Å². The minimum absolute atomic E-state index is 0.0105. The summed E-state index contributed by atoms with van der Waals surface area (Å²) in [4.78, 5) is 23.7. The molecule has 0 unspecified atom stereocenters. The van der Waals surface area contributed by atoms with Crippen LogP contribution in [0.3, 0.4) is 0 Å². The van der Waals surface area contributed by atoms with Gasteiger partial charge in [0.2, 0.25) is 11.8 Å². The van der Waals surface area contributed by atoms with E-state index in [1.807, 2.05) is 13.8 Å². The van der Waals surface area contributed by atoms with Gasteiger partial charge in [0.25, 0.3) is 0 Å². The fourth-order valence-electron chi connectivity index (χ4n) is 1.95. The summed E-state index contributed by atoms with van der Waals surface area (Å²) in [6.07, 6.45) is 0. The van der Waals surface area contributed by atoms with Gasteiger partial charge < -0.3 is 16.0 Å². The number of benzene rings is 2. The highest BCUT2D eigenvalue weighted by molar-refractivity contribution is 6.31. The Morgan fingerprint density at radius 2 is 1.72 bits per heavy atom. The van der Waals surface area contributed by atoms with E-state index in [1.54, 1.807) is 24.3 Å². The number of hydrogen-bond donors (Lipinski definition) is 3. The molecule has 0 aromatic heterocycles. The largest absolute Gasteiger partial charge is 0.376 e. The first-order valence-corrected chi connectivity index (χ1v) is 8.12. The zero-order chi connectivity index (χ0) is 18.4. The predicted octanol–water partition coefficient (Wildman–Crippen LogP) is 4.12. The molecule has 2 rings (SSSR count). The Labute approximate surface area is 150 Å². The maximum atomic E-state index is 13.1. The van der Waals surface area contributed by atoms with Crippen LogP contribution in [0.5, 0.6) is 0 Å². The highest BCUT2D eigenvalue weighted by Crippen LogP contribution is 2.19. The van der Waals surface area contributed by atoms with Gasteiger partial charge in [-0.1, -0.05) is 31.5 Å². The Kier molecular flexibility index (Phi) is 6.36. The average molecular weight is 364 g/mol. The summed E-state index contributed by atoms with van der Waals surface area (Å²) in [5, 5.41) is 8.32. The van der Waals surface area contributed by atoms with Crippen molar-refractivity contribution in [3.63, 3.8) is 0 Å². The molecule has 2 aromatic carbocycles. The summed E-state index contributed by atoms with van der Waals surface area (Å²) < 4.78 is 13.1. The molecule has 5 nitrogen and oxygen atoms in total. The number of rotatable bonds is 6. The first-order chi connectivity index (χ1) is 11.8. The lowest BCUT2D eigenvalue weighted by Gasteiger charge is -2.11. The number of hydrogen-bond acceptors (Lipinski definition) is 3. The highest BCUT2D eigenvalue weighted by Gasteiger charge is 2.08. The summed E-state index contributed by atoms with van der Waals surface area (Å²) in [5.41, 5.74) is 1.75. The fourth-order valence-corrected chi connectivity index (χ4v) is 2.14. The van der Waals surface area contributed by atoms with Crippen LogP contribution < -0.4 is 16.0 Å². The third-order valence-electron chi connectivity index (χ3n) is 3.31. The van der Waals surface area contributed by atoms with Crippen LogP contribution in [-0.2, 0) is 9.59 Å². The molecule has 0 aliphatic heterocycles. The van der Waals surface area contributed by atoms with Crippen LogP contribution in [0, 0.1) is 11.7 Å². The third-order valence-corrected chi connectivity index (χ3v) is 3.60. The lowest BCUT2D eigenvalue weighted by molar-refractivity contribution is -0.119. The lowest BCUT2D eigenvalue weighted by Crippen LogP contribution is -2.22. The second-order valence-electron chi connectivity index (χ2n) is 5.76. The van der Waals surface area contributed by atoms with Crippen LogP contribution in [-0.4, -0.2) is 18.4 Å². The van der Waals surface area contributed by atoms with Crippen molar-refractivity contribution in [2.24, 2.45) is 5.92 Å². The summed E-state index contributed by atoms with van der Waals surface area (Å²) in [5.74, 6) is -1.05. The van der Waals surface area contributed by atoms with Crippen LogP contribution in [0.25, 0.3) is 0 Å². The van der Waals surface area contributed by atoms with Gasteiger partial charge in [-0.3, -0.25) is 9.59 Å². The van der Waals surface area contributed by atoms with Gasteiger partial charge in [-0.2, -0.15) is 0 Å². The van der Waals surface area contributed by atoms with Gasteiger partial charge in [0.15, 0.2) is 0 Å². The Hall–Kier alpha value is -2.60. The number of nitrogens with one attached hydrogen (secondary N) is 3. The molecule has 0 fully saturated rings. The van der Waals surface area contributed by atoms with E-state index >= 15 is 0 Å². The zero-order valence-corrected chi connectivity index (χ0v) is 14.7. The van der Waals surface area contributed by atoms with Crippen molar-refractivity contribution in [2.75, 3.05) is 22.5 Å². The number of amides is 2. The Bertz CT molecular complexity index is 781. The molecular formula is C18H19ClFN3O2. The number of anilines is 3. The molecule has 0 saturated heterocycles. The van der Waals surface area contributed by atoms with Crippen molar-refractivity contribution >= 4 is 40.5 Å². The molecule has 0 atom stereocenters. The fraction of sp³-hybridized carbons (Fsp3) is 0.222. The summed E-state index contributed by atoms with van der Waals surface area (Å²) >= 11 is 5.67. The summed E-state index contributed by atoms with van der Waals surface area (Å²) in [6.45, 7) is 3.63. The van der Waals surface area contributed by atoms with Crippen molar-refractivity contribution < 1.29 is 14.0 Å². The maximum absolute atomic E-state index is 13.1. The Morgan fingerprint density at radius 1 is 1.04 bits per heavy atom. The van der Waals surface area contributed by atoms with Gasteiger partial charge in [0.1, 0.15) is 5.82 Å². The van der Waals surface area contributed by atoms with Crippen molar-refractivity contribution in [3.05, 3.63) is 53.3 Å². The SMILES string of the molecule is CC(C)C(=O)Nc1cccc(NCC(=O)Nc2ccc(F)c(Cl)c2)c1. The van der Waals surface area contributed by atoms with Crippen LogP contribution in [0.15, 0.2) is 42.5 Å². The molecule has 2 amide bonds. The van der Waals surface area contributed by atoms with Crippen LogP contribution >= 0.6 is 11.6 Å². The van der Waals surface area contributed by atoms with Gasteiger partial charge >= 0.3 is 0 Å². The van der Waals surface area contributed by atoms with Crippen LogP contribution in [0.2, 0.25) is 5.02 Å². The van der Waals surface area contributed by atoms with Gasteiger partial charge in [0, 0.05) is 23.0 Å². The molecule has 0 radical (unpaired) electrons. The molecule has 0 heterocycles. The van der Waals surface area contributed by atoms with Crippen molar-refractivity contribution in [2.45, 2.75) is 13.8 Å². The third kappa shape index (κ3) is 5.76. The highest BCUT2D eigenvalue weighted by atomic mass is 35.5. The molecule has 3 N–H and O–H groups in total. The van der Waals surface area contributed by atoms with Crippen LogP contribution in [0.4, 0.5) is 21.5 Å². The molecule has 0 aliphatic carbocycles. The molecule has 0 saturated carbocycles. The van der Waals surface area contributed by atoms with E-state index in [9.17, 15) is 14.0 Å². The Balaban J connectivity index is 1.91. The molecule has 132 valence electrons. The minimum Gasteiger partial charge on any atom is -0.376 e. The van der Waals surface area contributed by atoms with Crippen molar-refractivity contribution in [1.82, 2.24) is 0 Å². The molecule has 7 heteroatoms. The standard InChI is InChI=1S/C18H19ClFN3O2/c1-11(2)18(25)23-13-5-3-4-12(8-13)21-10-17(24)22-14-6-7-16(20)15(19)9-14/h3-9,11,21H,10H2,1-2H3,(H,22,24)(H,23,25). The average Bonchev–Trinajstić information content (AvgIpc) is 2.56. The van der Waals surface area contributed by atoms with Gasteiger partial charge in [-0.05, 0) is 36.4 Å². The summed E-state index contributed by atoms with van der Waals surface area (Å²) in [6, 6.07) is 11.0. The normalized spacial score (nSPS) is 10.4. The van der Waals surface area contributed by atoms with E-state index in [2.05, 4.69) is 16.0 Å². The van der Waals surface area contributed by atoms with E-state index in [-0.39, 0.29) is 29.3 Å². The quantitative estimate of drug-likeness (QED) is 0.722. The monoisotopic (exact) mass is 363 g/mol. The molecule has 2 aromatic rings. The van der Waals surface area contributed by atoms with E-state index in [4.69, 9.17) is 11.6 Å². The van der Waals surface area contributed by atoms with E-state index in [0.717, 1.165) is 0 Å². The van der Waals surface area contributed by atoms with Crippen molar-refractivity contribution in [3.8, 4) is 0 Å². The number of halogens is 2. The molecule has 0 spiro atoms. The topological polar surface area (TPSA) is 70.2 Å². The first kappa shape index (κ1) is 18.7. The smallest absolute Gasteiger partial charge is 0.243 e. The molecule has 25 heavy (non-hydrogen) atoms. The number of carbonyl (C=O) groups excluding carboxylic acids is 2. The maximum Gasteiger partial charge on any atom is 0.243 e. The second kappa shape index (κ2) is 8.48. The van der Waals surface area contributed by atoms with Gasteiger partial charge in [0.05, 0.1) is 11.6 Å². The Morgan fingerprint density at radius 3 is 2.40 bits per heavy atom. The molecule has 0 aliphatic rings. The zero-order valence-electron chi connectivity index (χ0n) is 13.9. The second-order valence-corrected chi connectivity index (χ2v) is 6.16. The van der Waals surface area contributed by atoms with Gasteiger partial charge in [-0.25, -0.2) is 4.39 Å². The molecular weight excluding hydrogens is 345 g/mol. The van der Waals surface area contributed by atoms with Crippen LogP contribution in [0.1, 0.15) is 13.8 Å². The lowest BCUT2D eigenvalue weighted by atomic mass is 10.2. The van der Waals surface area contributed by atoms with E-state index in [0.29, 0.717) is 17.1 Å². The summed E-state index contributed by atoms with van der Waals surface area (Å²) in [7, 11) is 0. The predicted molar refractivity (Wildman–Crippen MR) is 98.4 cm³/mol. The molecule has 0 bridgehead atoms. The van der Waals surface area contributed by atoms with E-state index < -0.39 is 5.82 Å². The van der Waals surface area contributed by atoms with Crippen molar-refractivity contribution in [1.29, 1.82) is 0 Å². The minimum atomic E-state index is -0.543.